The standard InChI is InChI=1S/C12H12BrClO4/c1-6(13)10(15)7-2-3-9(8(4-7)5-14)11(16)12(17)18/h2-4,6,11,16H,5H2,1H3,(H,17,18). The minimum Gasteiger partial charge on any atom is -0.479 e. The number of aliphatic carboxylic acids is 1. The Morgan fingerprint density at radius 2 is 2.06 bits per heavy atom. The van der Waals surface area contributed by atoms with Crippen LogP contribution in [-0.2, 0) is 10.7 Å². The van der Waals surface area contributed by atoms with Gasteiger partial charge in [-0.3, -0.25) is 4.79 Å². The number of ketones is 1. The SMILES string of the molecule is CC(Br)C(=O)c1ccc(C(O)C(=O)O)c(CCl)c1. The molecule has 6 heteroatoms. The van der Waals surface area contributed by atoms with Crippen LogP contribution in [0, 0.1) is 0 Å². The number of carboxylic acid groups (broad SMARTS) is 1. The van der Waals surface area contributed by atoms with Gasteiger partial charge in [-0.1, -0.05) is 28.1 Å². The molecule has 2 N–H and O–H groups in total. The average molecular weight is 336 g/mol. The van der Waals surface area contributed by atoms with Crippen molar-refractivity contribution in [1.29, 1.82) is 0 Å². The molecule has 2 atom stereocenters. The molecular weight excluding hydrogens is 323 g/mol. The van der Waals surface area contributed by atoms with Crippen molar-refractivity contribution in [2.45, 2.75) is 23.7 Å². The van der Waals surface area contributed by atoms with Gasteiger partial charge >= 0.3 is 5.97 Å². The molecule has 0 heterocycles. The minimum atomic E-state index is -1.63. The van der Waals surface area contributed by atoms with Gasteiger partial charge in [0.2, 0.25) is 0 Å². The molecular formula is C12H12BrClO4. The van der Waals surface area contributed by atoms with E-state index >= 15 is 0 Å². The Kier molecular flexibility index (Phi) is 5.31. The molecule has 0 aliphatic rings. The van der Waals surface area contributed by atoms with Crippen LogP contribution in [0.1, 0.15) is 34.5 Å². The van der Waals surface area contributed by atoms with Crippen molar-refractivity contribution in [3.05, 3.63) is 34.9 Å². The lowest BCUT2D eigenvalue weighted by molar-refractivity contribution is -0.147. The molecule has 0 saturated carbocycles. The number of aliphatic hydroxyl groups excluding tert-OH is 1. The number of halogens is 2. The fourth-order valence-electron chi connectivity index (χ4n) is 1.50. The van der Waals surface area contributed by atoms with Gasteiger partial charge in [-0.05, 0) is 24.1 Å². The number of carbonyl (C=O) groups excluding carboxylic acids is 1. The number of hydrogen-bond donors (Lipinski definition) is 2. The highest BCUT2D eigenvalue weighted by atomic mass is 79.9. The molecule has 1 rings (SSSR count). The third-order valence-corrected chi connectivity index (χ3v) is 3.17. The van der Waals surface area contributed by atoms with Gasteiger partial charge in [-0.25, -0.2) is 4.79 Å². The summed E-state index contributed by atoms with van der Waals surface area (Å²) < 4.78 is 0. The molecule has 0 radical (unpaired) electrons. The van der Waals surface area contributed by atoms with Crippen molar-refractivity contribution < 1.29 is 19.8 Å². The molecule has 0 aliphatic carbocycles. The van der Waals surface area contributed by atoms with E-state index in [0.717, 1.165) is 0 Å². The lowest BCUT2D eigenvalue weighted by atomic mass is 9.98. The highest BCUT2D eigenvalue weighted by molar-refractivity contribution is 9.10. The Morgan fingerprint density at radius 3 is 2.50 bits per heavy atom. The van der Waals surface area contributed by atoms with E-state index in [1.54, 1.807) is 6.92 Å². The molecule has 0 spiro atoms. The second-order valence-electron chi connectivity index (χ2n) is 3.77. The van der Waals surface area contributed by atoms with Gasteiger partial charge < -0.3 is 10.2 Å². The summed E-state index contributed by atoms with van der Waals surface area (Å²) in [6, 6.07) is 4.41. The van der Waals surface area contributed by atoms with Crippen molar-refractivity contribution in [3.8, 4) is 0 Å². The second kappa shape index (κ2) is 6.31. The van der Waals surface area contributed by atoms with E-state index in [2.05, 4.69) is 15.9 Å². The summed E-state index contributed by atoms with van der Waals surface area (Å²) in [5, 5.41) is 18.3. The Balaban J connectivity index is 3.19. The number of rotatable bonds is 5. The fraction of sp³-hybridized carbons (Fsp3) is 0.333. The van der Waals surface area contributed by atoms with Gasteiger partial charge in [0, 0.05) is 11.4 Å². The molecule has 98 valence electrons. The van der Waals surface area contributed by atoms with Crippen LogP contribution in [0.25, 0.3) is 0 Å². The monoisotopic (exact) mass is 334 g/mol. The molecule has 1 aromatic rings. The second-order valence-corrected chi connectivity index (χ2v) is 5.41. The van der Waals surface area contributed by atoms with Crippen LogP contribution >= 0.6 is 27.5 Å². The summed E-state index contributed by atoms with van der Waals surface area (Å²) in [5.41, 5.74) is 1.07. The molecule has 0 fully saturated rings. The van der Waals surface area contributed by atoms with Crippen molar-refractivity contribution in [2.75, 3.05) is 0 Å². The van der Waals surface area contributed by atoms with E-state index in [-0.39, 0.29) is 22.1 Å². The molecule has 0 amide bonds. The summed E-state index contributed by atoms with van der Waals surface area (Å²) in [5.74, 6) is -1.45. The van der Waals surface area contributed by atoms with E-state index < -0.39 is 12.1 Å². The van der Waals surface area contributed by atoms with Gasteiger partial charge in [0.25, 0.3) is 0 Å². The molecule has 0 bridgehead atoms. The predicted molar refractivity (Wildman–Crippen MR) is 71.3 cm³/mol. The molecule has 18 heavy (non-hydrogen) atoms. The zero-order valence-electron chi connectivity index (χ0n) is 9.56. The Labute approximate surface area is 118 Å². The number of alkyl halides is 2. The zero-order chi connectivity index (χ0) is 13.9. The van der Waals surface area contributed by atoms with Crippen LogP contribution in [0.4, 0.5) is 0 Å². The van der Waals surface area contributed by atoms with Gasteiger partial charge in [-0.15, -0.1) is 11.6 Å². The van der Waals surface area contributed by atoms with Crippen molar-refractivity contribution in [1.82, 2.24) is 0 Å². The van der Waals surface area contributed by atoms with Crippen LogP contribution in [-0.4, -0.2) is 26.8 Å². The normalized spacial score (nSPS) is 14.0. The Bertz CT molecular complexity index is 473. The van der Waals surface area contributed by atoms with E-state index in [1.807, 2.05) is 0 Å². The van der Waals surface area contributed by atoms with Crippen molar-refractivity contribution in [3.63, 3.8) is 0 Å². The molecule has 2 unspecified atom stereocenters. The number of hydrogen-bond acceptors (Lipinski definition) is 3. The molecule has 0 aromatic heterocycles. The highest BCUT2D eigenvalue weighted by Gasteiger charge is 2.21. The molecule has 0 aliphatic heterocycles. The smallest absolute Gasteiger partial charge is 0.337 e. The number of carbonyl (C=O) groups is 2. The maximum atomic E-state index is 11.8. The van der Waals surface area contributed by atoms with Crippen LogP contribution < -0.4 is 0 Å². The van der Waals surface area contributed by atoms with E-state index in [9.17, 15) is 14.7 Å². The topological polar surface area (TPSA) is 74.6 Å². The lowest BCUT2D eigenvalue weighted by Crippen LogP contribution is -2.15. The number of benzene rings is 1. The summed E-state index contributed by atoms with van der Waals surface area (Å²) in [6.07, 6.45) is -1.63. The Morgan fingerprint density at radius 1 is 1.44 bits per heavy atom. The first-order valence-corrected chi connectivity index (χ1v) is 6.61. The van der Waals surface area contributed by atoms with Crippen molar-refractivity contribution in [2.24, 2.45) is 0 Å². The molecule has 1 aromatic carbocycles. The first-order chi connectivity index (χ1) is 8.38. The first kappa shape index (κ1) is 15.1. The molecule has 4 nitrogen and oxygen atoms in total. The van der Waals surface area contributed by atoms with E-state index in [0.29, 0.717) is 11.1 Å². The Hall–Kier alpha value is -0.910. The summed E-state index contributed by atoms with van der Waals surface area (Å²) in [7, 11) is 0. The fourth-order valence-corrected chi connectivity index (χ4v) is 2.00. The van der Waals surface area contributed by atoms with Gasteiger partial charge in [-0.2, -0.15) is 0 Å². The van der Waals surface area contributed by atoms with E-state index in [4.69, 9.17) is 16.7 Å². The summed E-state index contributed by atoms with van der Waals surface area (Å²) in [4.78, 5) is 22.1. The van der Waals surface area contributed by atoms with E-state index in [1.165, 1.54) is 18.2 Å². The third-order valence-electron chi connectivity index (χ3n) is 2.46. The van der Waals surface area contributed by atoms with Crippen LogP contribution in [0.15, 0.2) is 18.2 Å². The first-order valence-electron chi connectivity index (χ1n) is 5.16. The van der Waals surface area contributed by atoms with Crippen LogP contribution in [0.5, 0.6) is 0 Å². The summed E-state index contributed by atoms with van der Waals surface area (Å²) in [6.45, 7) is 1.70. The lowest BCUT2D eigenvalue weighted by Gasteiger charge is -2.12. The van der Waals surface area contributed by atoms with Gasteiger partial charge in [0.1, 0.15) is 0 Å². The summed E-state index contributed by atoms with van der Waals surface area (Å²) >= 11 is 8.88. The largest absolute Gasteiger partial charge is 0.479 e. The number of Topliss-reactive ketones (excluding diaryl/α,β-unsaturated/α-hetero) is 1. The van der Waals surface area contributed by atoms with Crippen LogP contribution in [0.2, 0.25) is 0 Å². The number of carboxylic acids is 1. The third kappa shape index (κ3) is 3.31. The number of aliphatic hydroxyl groups is 1. The zero-order valence-corrected chi connectivity index (χ0v) is 11.9. The maximum absolute atomic E-state index is 11.8. The highest BCUT2D eigenvalue weighted by Crippen LogP contribution is 2.23. The molecule has 0 saturated heterocycles. The maximum Gasteiger partial charge on any atom is 0.337 e. The predicted octanol–water partition coefficient (Wildman–Crippen LogP) is 2.51. The van der Waals surface area contributed by atoms with Gasteiger partial charge in [0.15, 0.2) is 11.9 Å². The quantitative estimate of drug-likeness (QED) is 0.640. The van der Waals surface area contributed by atoms with Crippen molar-refractivity contribution >= 4 is 39.3 Å². The minimum absolute atomic E-state index is 0.0253. The van der Waals surface area contributed by atoms with Crippen LogP contribution in [0.3, 0.4) is 0 Å². The average Bonchev–Trinajstić information content (AvgIpc) is 2.35. The van der Waals surface area contributed by atoms with Gasteiger partial charge in [0.05, 0.1) is 4.83 Å².